The molecule has 1 aromatic heterocycles. The van der Waals surface area contributed by atoms with Crippen LogP contribution in [-0.2, 0) is 6.54 Å². The van der Waals surface area contributed by atoms with Crippen molar-refractivity contribution in [1.29, 1.82) is 0 Å². The molecule has 0 radical (unpaired) electrons. The van der Waals surface area contributed by atoms with Crippen LogP contribution in [0.3, 0.4) is 0 Å². The Hall–Kier alpha value is -3.49. The maximum atomic E-state index is 13.8. The molecule has 2 atom stereocenters. The fourth-order valence-corrected chi connectivity index (χ4v) is 3.61. The van der Waals surface area contributed by atoms with E-state index in [1.165, 1.54) is 13.2 Å². The quantitative estimate of drug-likeness (QED) is 0.626. The number of hydrogen-bond donors (Lipinski definition) is 2. The number of rotatable bonds is 5. The Bertz CT molecular complexity index is 1050. The summed E-state index contributed by atoms with van der Waals surface area (Å²) in [4.78, 5) is 12.5. The number of methoxy groups -OCH3 is 1. The molecule has 2 aromatic carbocycles. The smallest absolute Gasteiger partial charge is 0.410 e. The van der Waals surface area contributed by atoms with Crippen molar-refractivity contribution in [3.63, 3.8) is 0 Å². The van der Waals surface area contributed by atoms with E-state index in [1.807, 2.05) is 30.3 Å². The van der Waals surface area contributed by atoms with Gasteiger partial charge in [-0.3, -0.25) is 4.79 Å². The van der Waals surface area contributed by atoms with Crippen LogP contribution >= 0.6 is 0 Å². The molecule has 1 aliphatic rings. The Morgan fingerprint density at radius 3 is 2.55 bits per heavy atom. The number of ether oxygens (including phenoxy) is 1. The number of carbonyl (C=O) groups excluding carboxylic acids is 1. The molecule has 31 heavy (non-hydrogen) atoms. The van der Waals surface area contributed by atoms with Gasteiger partial charge in [0.15, 0.2) is 11.7 Å². The number of halogens is 3. The molecule has 1 amide bonds. The van der Waals surface area contributed by atoms with Crippen molar-refractivity contribution in [2.75, 3.05) is 12.4 Å². The van der Waals surface area contributed by atoms with Crippen molar-refractivity contribution >= 4 is 11.7 Å². The van der Waals surface area contributed by atoms with Gasteiger partial charge in [-0.2, -0.15) is 18.3 Å². The van der Waals surface area contributed by atoms with E-state index in [-0.39, 0.29) is 24.5 Å². The van der Waals surface area contributed by atoms with Gasteiger partial charge in [0.1, 0.15) is 11.6 Å². The lowest BCUT2D eigenvalue weighted by Crippen LogP contribution is -2.35. The molecule has 9 heteroatoms. The molecular formula is C22H21F3N4O2. The van der Waals surface area contributed by atoms with Gasteiger partial charge in [0, 0.05) is 19.0 Å². The number of nitrogens with one attached hydrogen (secondary N) is 2. The highest BCUT2D eigenvalue weighted by atomic mass is 19.4. The van der Waals surface area contributed by atoms with Crippen LogP contribution in [-0.4, -0.2) is 29.0 Å². The average molecular weight is 430 g/mol. The molecule has 6 nitrogen and oxygen atoms in total. The zero-order chi connectivity index (χ0) is 22.0. The molecule has 0 fully saturated rings. The number of carbonyl (C=O) groups is 1. The van der Waals surface area contributed by atoms with Crippen LogP contribution in [0.4, 0.5) is 19.0 Å². The maximum absolute atomic E-state index is 13.8. The minimum Gasteiger partial charge on any atom is -0.497 e. The molecule has 162 valence electrons. The highest BCUT2D eigenvalue weighted by molar-refractivity contribution is 5.93. The summed E-state index contributed by atoms with van der Waals surface area (Å²) in [5.41, 5.74) is 1.51. The third kappa shape index (κ3) is 4.50. The lowest BCUT2D eigenvalue weighted by molar-refractivity contribution is -0.173. The summed E-state index contributed by atoms with van der Waals surface area (Å²) in [6.07, 6.45) is -4.75. The molecule has 2 N–H and O–H groups in total. The molecule has 0 saturated carbocycles. The van der Waals surface area contributed by atoms with E-state index in [0.29, 0.717) is 11.3 Å². The van der Waals surface area contributed by atoms with Crippen LogP contribution in [0.15, 0.2) is 60.7 Å². The Morgan fingerprint density at radius 1 is 1.19 bits per heavy atom. The maximum Gasteiger partial charge on any atom is 0.410 e. The van der Waals surface area contributed by atoms with Gasteiger partial charge < -0.3 is 15.4 Å². The Kier molecular flexibility index (Phi) is 5.58. The van der Waals surface area contributed by atoms with Gasteiger partial charge in [-0.25, -0.2) is 4.68 Å². The summed E-state index contributed by atoms with van der Waals surface area (Å²) < 4.78 is 47.4. The highest BCUT2D eigenvalue weighted by Crippen LogP contribution is 2.43. The number of benzene rings is 2. The first-order valence-corrected chi connectivity index (χ1v) is 9.74. The van der Waals surface area contributed by atoms with Crippen molar-refractivity contribution in [2.24, 2.45) is 0 Å². The van der Waals surface area contributed by atoms with E-state index in [9.17, 15) is 18.0 Å². The first-order chi connectivity index (χ1) is 14.8. The summed E-state index contributed by atoms with van der Waals surface area (Å²) in [5.74, 6) is 0.239. The summed E-state index contributed by atoms with van der Waals surface area (Å²) in [6, 6.07) is 15.0. The molecule has 4 rings (SSSR count). The second kappa shape index (κ2) is 8.33. The fourth-order valence-electron chi connectivity index (χ4n) is 3.61. The molecule has 0 saturated heterocycles. The number of nitrogens with zero attached hydrogens (tertiary/aromatic N) is 2. The molecule has 0 bridgehead atoms. The van der Waals surface area contributed by atoms with Crippen molar-refractivity contribution in [1.82, 2.24) is 15.1 Å². The van der Waals surface area contributed by atoms with Crippen molar-refractivity contribution in [3.05, 3.63) is 77.5 Å². The molecule has 0 unspecified atom stereocenters. The van der Waals surface area contributed by atoms with E-state index in [0.717, 1.165) is 10.2 Å². The summed E-state index contributed by atoms with van der Waals surface area (Å²) in [7, 11) is 1.52. The second-order valence-corrected chi connectivity index (χ2v) is 7.29. The van der Waals surface area contributed by atoms with Gasteiger partial charge in [-0.05, 0) is 23.3 Å². The Morgan fingerprint density at radius 2 is 1.90 bits per heavy atom. The number of anilines is 1. The van der Waals surface area contributed by atoms with E-state index in [4.69, 9.17) is 4.74 Å². The molecule has 2 heterocycles. The van der Waals surface area contributed by atoms with Gasteiger partial charge in [-0.15, -0.1) is 0 Å². The van der Waals surface area contributed by atoms with Gasteiger partial charge in [0.25, 0.3) is 5.91 Å². The zero-order valence-electron chi connectivity index (χ0n) is 16.7. The first-order valence-electron chi connectivity index (χ1n) is 9.74. The lowest BCUT2D eigenvalue weighted by atomic mass is 9.97. The molecule has 1 aliphatic heterocycles. The predicted octanol–water partition coefficient (Wildman–Crippen LogP) is 4.48. The van der Waals surface area contributed by atoms with Gasteiger partial charge in [0.2, 0.25) is 0 Å². The standard InChI is InChI=1S/C22H21F3N4O2/c1-31-16-9-7-15(8-10-16)17-11-19(22(23,24)25)29-20(27-17)12-18(28-29)21(30)26-13-14-5-3-2-4-6-14/h2-10,12,17,19,27H,11,13H2,1H3,(H,26,30)/t17-,19+/m0/s1. The Labute approximate surface area is 177 Å². The van der Waals surface area contributed by atoms with Crippen LogP contribution in [0.2, 0.25) is 0 Å². The molecule has 3 aromatic rings. The van der Waals surface area contributed by atoms with E-state index in [2.05, 4.69) is 15.7 Å². The fraction of sp³-hybridized carbons (Fsp3) is 0.273. The Balaban J connectivity index is 1.57. The molecule has 0 spiro atoms. The van der Waals surface area contributed by atoms with Gasteiger partial charge >= 0.3 is 6.18 Å². The minimum absolute atomic E-state index is 0.0666. The molecular weight excluding hydrogens is 409 g/mol. The van der Waals surface area contributed by atoms with Crippen molar-refractivity contribution in [2.45, 2.75) is 31.2 Å². The zero-order valence-corrected chi connectivity index (χ0v) is 16.7. The van der Waals surface area contributed by atoms with Crippen LogP contribution < -0.4 is 15.4 Å². The van der Waals surface area contributed by atoms with Crippen molar-refractivity contribution in [3.8, 4) is 5.75 Å². The molecule has 0 aliphatic carbocycles. The van der Waals surface area contributed by atoms with E-state index >= 15 is 0 Å². The van der Waals surface area contributed by atoms with Crippen LogP contribution in [0.25, 0.3) is 0 Å². The van der Waals surface area contributed by atoms with Crippen LogP contribution in [0.5, 0.6) is 5.75 Å². The minimum atomic E-state index is -4.51. The van der Waals surface area contributed by atoms with E-state index < -0.39 is 24.2 Å². The van der Waals surface area contributed by atoms with Gasteiger partial charge in [0.05, 0.1) is 13.2 Å². The number of hydrogen-bond acceptors (Lipinski definition) is 4. The number of aromatic nitrogens is 2. The third-order valence-electron chi connectivity index (χ3n) is 5.24. The van der Waals surface area contributed by atoms with Crippen molar-refractivity contribution < 1.29 is 22.7 Å². The largest absolute Gasteiger partial charge is 0.497 e. The normalized spacial score (nSPS) is 18.1. The predicted molar refractivity (Wildman–Crippen MR) is 109 cm³/mol. The van der Waals surface area contributed by atoms with E-state index in [1.54, 1.807) is 24.3 Å². The highest BCUT2D eigenvalue weighted by Gasteiger charge is 2.46. The van der Waals surface area contributed by atoms with Crippen LogP contribution in [0.1, 0.15) is 40.1 Å². The summed E-state index contributed by atoms with van der Waals surface area (Å²) in [5, 5.41) is 9.75. The third-order valence-corrected chi connectivity index (χ3v) is 5.24. The first kappa shape index (κ1) is 20.8. The number of alkyl halides is 3. The van der Waals surface area contributed by atoms with Gasteiger partial charge in [-0.1, -0.05) is 42.5 Å². The number of fused-ring (bicyclic) bond motifs is 1. The number of amides is 1. The lowest BCUT2D eigenvalue weighted by Gasteiger charge is -2.33. The summed E-state index contributed by atoms with van der Waals surface area (Å²) >= 11 is 0. The summed E-state index contributed by atoms with van der Waals surface area (Å²) in [6.45, 7) is 0.256. The monoisotopic (exact) mass is 430 g/mol. The van der Waals surface area contributed by atoms with Crippen LogP contribution in [0, 0.1) is 0 Å². The average Bonchev–Trinajstić information content (AvgIpc) is 3.21. The topological polar surface area (TPSA) is 68.2 Å². The SMILES string of the molecule is COc1ccc([C@@H]2C[C@H](C(F)(F)F)n3nc(C(=O)NCc4ccccc4)cc3N2)cc1. The second-order valence-electron chi connectivity index (χ2n) is 7.29.